The van der Waals surface area contributed by atoms with Gasteiger partial charge in [-0.05, 0) is 43.0 Å². The standard InChI is InChI=1S/C21H22N4O3S/c22-10-15-12-29-13-25(15)20(26)11-24-21(27)16-6-7-23-18-5-4-14(9-17(16)18)19-3-1-2-8-28-19/h4-7,9,15,19H,1-3,8,11-13H2,(H,24,27)/t15-,19-/m1/s1. The van der Waals surface area contributed by atoms with Crippen molar-refractivity contribution in [3.8, 4) is 6.07 Å². The number of hydrogen-bond acceptors (Lipinski definition) is 6. The minimum Gasteiger partial charge on any atom is -0.374 e. The predicted molar refractivity (Wildman–Crippen MR) is 110 cm³/mol. The average molecular weight is 410 g/mol. The Bertz CT molecular complexity index is 968. The molecular weight excluding hydrogens is 388 g/mol. The van der Waals surface area contributed by atoms with Crippen LogP contribution in [0.4, 0.5) is 0 Å². The van der Waals surface area contributed by atoms with Crippen LogP contribution in [0.15, 0.2) is 30.5 Å². The van der Waals surface area contributed by atoms with Crippen molar-refractivity contribution in [3.05, 3.63) is 41.6 Å². The van der Waals surface area contributed by atoms with Crippen LogP contribution in [0.1, 0.15) is 41.3 Å². The fraction of sp³-hybridized carbons (Fsp3) is 0.429. The van der Waals surface area contributed by atoms with Gasteiger partial charge in [0.05, 0.1) is 35.7 Å². The number of carbonyl (C=O) groups is 2. The van der Waals surface area contributed by atoms with Crippen LogP contribution in [0.5, 0.6) is 0 Å². The molecule has 2 saturated heterocycles. The molecule has 2 atom stereocenters. The Morgan fingerprint density at radius 1 is 1.34 bits per heavy atom. The first-order valence-electron chi connectivity index (χ1n) is 9.72. The molecule has 1 N–H and O–H groups in total. The van der Waals surface area contributed by atoms with Crippen LogP contribution >= 0.6 is 11.8 Å². The number of benzene rings is 1. The second-order valence-corrected chi connectivity index (χ2v) is 8.18. The smallest absolute Gasteiger partial charge is 0.252 e. The summed E-state index contributed by atoms with van der Waals surface area (Å²) in [5.74, 6) is 0.518. The molecule has 0 spiro atoms. The number of nitriles is 1. The lowest BCUT2D eigenvalue weighted by Crippen LogP contribution is -2.42. The summed E-state index contributed by atoms with van der Waals surface area (Å²) in [5, 5.41) is 12.6. The fourth-order valence-electron chi connectivity index (χ4n) is 3.71. The molecule has 4 rings (SSSR count). The van der Waals surface area contributed by atoms with Gasteiger partial charge in [0.25, 0.3) is 5.91 Å². The fourth-order valence-corrected chi connectivity index (χ4v) is 4.82. The summed E-state index contributed by atoms with van der Waals surface area (Å²) in [6, 6.07) is 9.24. The molecule has 2 aliphatic heterocycles. The minimum absolute atomic E-state index is 0.0430. The van der Waals surface area contributed by atoms with E-state index in [1.807, 2.05) is 18.2 Å². The van der Waals surface area contributed by atoms with Crippen LogP contribution in [0.3, 0.4) is 0 Å². The van der Waals surface area contributed by atoms with Crippen molar-refractivity contribution >= 4 is 34.5 Å². The summed E-state index contributed by atoms with van der Waals surface area (Å²) >= 11 is 1.54. The van der Waals surface area contributed by atoms with Crippen LogP contribution in [-0.2, 0) is 9.53 Å². The molecule has 0 bridgehead atoms. The number of fused-ring (bicyclic) bond motifs is 1. The van der Waals surface area contributed by atoms with Crippen LogP contribution < -0.4 is 5.32 Å². The molecule has 7 nitrogen and oxygen atoms in total. The molecule has 0 saturated carbocycles. The lowest BCUT2D eigenvalue weighted by molar-refractivity contribution is -0.129. The van der Waals surface area contributed by atoms with Crippen LogP contribution in [-0.4, -0.2) is 52.5 Å². The lowest BCUT2D eigenvalue weighted by atomic mass is 9.98. The molecule has 29 heavy (non-hydrogen) atoms. The number of thioether (sulfide) groups is 1. The highest BCUT2D eigenvalue weighted by Crippen LogP contribution is 2.30. The summed E-state index contributed by atoms with van der Waals surface area (Å²) in [4.78, 5) is 31.1. The van der Waals surface area contributed by atoms with Gasteiger partial charge in [-0.3, -0.25) is 14.6 Å². The molecule has 150 valence electrons. The minimum atomic E-state index is -0.427. The highest BCUT2D eigenvalue weighted by molar-refractivity contribution is 7.99. The molecule has 2 amide bonds. The van der Waals surface area contributed by atoms with Crippen molar-refractivity contribution in [1.29, 1.82) is 5.26 Å². The van der Waals surface area contributed by atoms with Gasteiger partial charge in [0.1, 0.15) is 6.04 Å². The Balaban J connectivity index is 1.51. The summed E-state index contributed by atoms with van der Waals surface area (Å²) in [6.45, 7) is 0.622. The Hall–Kier alpha value is -2.63. The third-order valence-corrected chi connectivity index (χ3v) is 6.33. The van der Waals surface area contributed by atoms with E-state index in [-0.39, 0.29) is 24.5 Å². The van der Waals surface area contributed by atoms with Crippen LogP contribution in [0, 0.1) is 11.3 Å². The number of rotatable bonds is 4. The zero-order chi connectivity index (χ0) is 20.2. The van der Waals surface area contributed by atoms with Gasteiger partial charge in [0.15, 0.2) is 0 Å². The number of carbonyl (C=O) groups excluding carboxylic acids is 2. The van der Waals surface area contributed by atoms with Crippen LogP contribution in [0.25, 0.3) is 10.9 Å². The first kappa shape index (κ1) is 19.7. The normalized spacial score (nSPS) is 21.7. The molecule has 1 aromatic heterocycles. The van der Waals surface area contributed by atoms with E-state index in [1.54, 1.807) is 24.0 Å². The van der Waals surface area contributed by atoms with E-state index < -0.39 is 6.04 Å². The number of aromatic nitrogens is 1. The largest absolute Gasteiger partial charge is 0.374 e. The summed E-state index contributed by atoms with van der Waals surface area (Å²) in [6.07, 6.45) is 4.81. The third-order valence-electron chi connectivity index (χ3n) is 5.31. The van der Waals surface area contributed by atoms with E-state index in [0.29, 0.717) is 17.2 Å². The highest BCUT2D eigenvalue weighted by atomic mass is 32.2. The third kappa shape index (κ3) is 4.21. The quantitative estimate of drug-likeness (QED) is 0.833. The molecule has 2 aliphatic rings. The maximum atomic E-state index is 12.8. The molecule has 1 aromatic carbocycles. The molecule has 0 unspecified atom stereocenters. The number of nitrogens with one attached hydrogen (secondary N) is 1. The number of hydrogen-bond donors (Lipinski definition) is 1. The molecule has 3 heterocycles. The highest BCUT2D eigenvalue weighted by Gasteiger charge is 2.29. The van der Waals surface area contributed by atoms with Gasteiger partial charge in [-0.1, -0.05) is 6.07 Å². The first-order valence-corrected chi connectivity index (χ1v) is 10.9. The van der Waals surface area contributed by atoms with Gasteiger partial charge in [-0.25, -0.2) is 0 Å². The summed E-state index contributed by atoms with van der Waals surface area (Å²) in [5.41, 5.74) is 2.25. The zero-order valence-electron chi connectivity index (χ0n) is 16.0. The van der Waals surface area contributed by atoms with Crippen molar-refractivity contribution < 1.29 is 14.3 Å². The van der Waals surface area contributed by atoms with Gasteiger partial charge in [0.2, 0.25) is 5.91 Å². The van der Waals surface area contributed by atoms with Gasteiger partial charge in [-0.15, -0.1) is 11.8 Å². The van der Waals surface area contributed by atoms with E-state index >= 15 is 0 Å². The van der Waals surface area contributed by atoms with Crippen molar-refractivity contribution in [1.82, 2.24) is 15.2 Å². The Kier molecular flexibility index (Phi) is 5.97. The Labute approximate surface area is 173 Å². The van der Waals surface area contributed by atoms with E-state index in [2.05, 4.69) is 16.4 Å². The molecule has 0 radical (unpaired) electrons. The van der Waals surface area contributed by atoms with Crippen molar-refractivity contribution in [3.63, 3.8) is 0 Å². The van der Waals surface area contributed by atoms with E-state index in [1.165, 1.54) is 4.90 Å². The number of ether oxygens (including phenoxy) is 1. The average Bonchev–Trinajstić information content (AvgIpc) is 3.26. The second-order valence-electron chi connectivity index (χ2n) is 7.18. The summed E-state index contributed by atoms with van der Waals surface area (Å²) in [7, 11) is 0. The van der Waals surface area contributed by atoms with Crippen molar-refractivity contribution in [2.24, 2.45) is 0 Å². The first-order chi connectivity index (χ1) is 14.2. The van der Waals surface area contributed by atoms with Gasteiger partial charge in [0, 0.05) is 23.9 Å². The van der Waals surface area contributed by atoms with Gasteiger partial charge >= 0.3 is 0 Å². The molecule has 2 fully saturated rings. The predicted octanol–water partition coefficient (Wildman–Crippen LogP) is 2.63. The van der Waals surface area contributed by atoms with E-state index in [9.17, 15) is 9.59 Å². The molecule has 2 aromatic rings. The van der Waals surface area contributed by atoms with E-state index in [0.717, 1.165) is 42.3 Å². The van der Waals surface area contributed by atoms with Gasteiger partial charge < -0.3 is 15.0 Å². The van der Waals surface area contributed by atoms with Crippen molar-refractivity contribution in [2.45, 2.75) is 31.4 Å². The van der Waals surface area contributed by atoms with E-state index in [4.69, 9.17) is 10.00 Å². The van der Waals surface area contributed by atoms with Crippen LogP contribution in [0.2, 0.25) is 0 Å². The molecular formula is C21H22N4O3S. The summed E-state index contributed by atoms with van der Waals surface area (Å²) < 4.78 is 5.87. The maximum Gasteiger partial charge on any atom is 0.252 e. The maximum absolute atomic E-state index is 12.8. The molecule has 0 aliphatic carbocycles. The molecule has 8 heteroatoms. The SMILES string of the molecule is N#C[C@@H]1CSCN1C(=O)CNC(=O)c1ccnc2ccc([C@H]3CCCCO3)cc12. The number of pyridine rings is 1. The second kappa shape index (κ2) is 8.80. The number of amides is 2. The zero-order valence-corrected chi connectivity index (χ0v) is 16.8. The monoisotopic (exact) mass is 410 g/mol. The topological polar surface area (TPSA) is 95.3 Å². The lowest BCUT2D eigenvalue weighted by Gasteiger charge is -2.23. The Morgan fingerprint density at radius 2 is 2.24 bits per heavy atom. The number of nitrogens with zero attached hydrogens (tertiary/aromatic N) is 3. The Morgan fingerprint density at radius 3 is 3.03 bits per heavy atom. The van der Waals surface area contributed by atoms with Gasteiger partial charge in [-0.2, -0.15) is 5.26 Å². The van der Waals surface area contributed by atoms with Crippen molar-refractivity contribution in [2.75, 3.05) is 24.8 Å².